The Morgan fingerprint density at radius 2 is 1.61 bits per heavy atom. The third kappa shape index (κ3) is 6.71. The second kappa shape index (κ2) is 11.5. The molecule has 154 valence electrons. The fourth-order valence-electron chi connectivity index (χ4n) is 3.35. The van der Waals surface area contributed by atoms with Gasteiger partial charge in [-0.2, -0.15) is 0 Å². The summed E-state index contributed by atoms with van der Waals surface area (Å²) in [5, 5.41) is 32.1. The second-order valence-corrected chi connectivity index (χ2v) is 7.33. The van der Waals surface area contributed by atoms with Crippen LogP contribution in [0.2, 0.25) is 0 Å². The lowest BCUT2D eigenvalue weighted by Crippen LogP contribution is -2.37. The summed E-state index contributed by atoms with van der Waals surface area (Å²) in [5.41, 5.74) is -0.750. The number of hydrogen-bond donors (Lipinski definition) is 2. The van der Waals surface area contributed by atoms with E-state index in [-0.39, 0.29) is 12.2 Å². The van der Waals surface area contributed by atoms with Crippen molar-refractivity contribution in [2.45, 2.75) is 83.3 Å². The molecule has 0 fully saturated rings. The Balaban J connectivity index is 1.93. The molecule has 0 aliphatic heterocycles. The van der Waals surface area contributed by atoms with Crippen molar-refractivity contribution in [2.75, 3.05) is 0 Å². The lowest BCUT2D eigenvalue weighted by molar-refractivity contribution is -0.136. The Bertz CT molecular complexity index is 705. The van der Waals surface area contributed by atoms with Gasteiger partial charge in [-0.25, -0.2) is 0 Å². The van der Waals surface area contributed by atoms with E-state index in [0.29, 0.717) is 12.0 Å². The summed E-state index contributed by atoms with van der Waals surface area (Å²) in [4.78, 5) is 12.0. The Morgan fingerprint density at radius 1 is 1.00 bits per heavy atom. The van der Waals surface area contributed by atoms with Crippen molar-refractivity contribution >= 4 is 5.97 Å². The third-order valence-corrected chi connectivity index (χ3v) is 4.96. The second-order valence-electron chi connectivity index (χ2n) is 7.33. The first-order valence-corrected chi connectivity index (χ1v) is 10.4. The van der Waals surface area contributed by atoms with Gasteiger partial charge in [-0.05, 0) is 11.6 Å². The highest BCUT2D eigenvalue weighted by atomic mass is 16.4. The van der Waals surface area contributed by atoms with Gasteiger partial charge in [-0.1, -0.05) is 88.6 Å². The van der Waals surface area contributed by atoms with Crippen molar-refractivity contribution in [3.63, 3.8) is 0 Å². The highest BCUT2D eigenvalue weighted by Gasteiger charge is 2.34. The van der Waals surface area contributed by atoms with Gasteiger partial charge in [-0.3, -0.25) is 4.79 Å². The lowest BCUT2D eigenvalue weighted by atomic mass is 9.96. The molecule has 1 heterocycles. The van der Waals surface area contributed by atoms with Gasteiger partial charge in [0.1, 0.15) is 6.42 Å². The van der Waals surface area contributed by atoms with Crippen molar-refractivity contribution in [1.82, 2.24) is 20.2 Å². The average molecular weight is 389 g/mol. The highest BCUT2D eigenvalue weighted by Crippen LogP contribution is 2.28. The Hall–Kier alpha value is -2.28. The summed E-state index contributed by atoms with van der Waals surface area (Å²) in [7, 11) is 0. The number of rotatable bonds is 14. The van der Waals surface area contributed by atoms with Crippen LogP contribution >= 0.6 is 0 Å². The molecule has 2 rings (SSSR count). The molecule has 0 aliphatic carbocycles. The van der Waals surface area contributed by atoms with Crippen LogP contribution in [0.3, 0.4) is 0 Å². The molecular formula is C21H32N4O3. The van der Waals surface area contributed by atoms with E-state index in [4.69, 9.17) is 5.11 Å². The van der Waals surface area contributed by atoms with E-state index in [1.165, 1.54) is 38.5 Å². The summed E-state index contributed by atoms with van der Waals surface area (Å²) >= 11 is 0. The maximum Gasteiger partial charge on any atom is 0.311 e. The minimum absolute atomic E-state index is 0.0916. The van der Waals surface area contributed by atoms with Gasteiger partial charge in [0.2, 0.25) is 5.72 Å². The van der Waals surface area contributed by atoms with Crippen molar-refractivity contribution in [3.8, 4) is 0 Å². The van der Waals surface area contributed by atoms with Crippen LogP contribution < -0.4 is 0 Å². The number of aromatic nitrogens is 4. The minimum atomic E-state index is -1.42. The SMILES string of the molecule is CCCCCCCCCCCC(O)(c1ccccc1)n1nnc(CC(=O)O)n1. The molecule has 1 atom stereocenters. The first kappa shape index (κ1) is 22.0. The van der Waals surface area contributed by atoms with Crippen molar-refractivity contribution < 1.29 is 15.0 Å². The molecule has 0 spiro atoms. The minimum Gasteiger partial charge on any atom is -0.481 e. The summed E-state index contributed by atoms with van der Waals surface area (Å²) < 4.78 is 0. The van der Waals surface area contributed by atoms with E-state index in [1.807, 2.05) is 30.3 Å². The van der Waals surface area contributed by atoms with Gasteiger partial charge in [0.05, 0.1) is 0 Å². The molecule has 0 aliphatic rings. The van der Waals surface area contributed by atoms with Gasteiger partial charge >= 0.3 is 5.97 Å². The van der Waals surface area contributed by atoms with Gasteiger partial charge in [0, 0.05) is 12.0 Å². The third-order valence-electron chi connectivity index (χ3n) is 4.96. The summed E-state index contributed by atoms with van der Waals surface area (Å²) in [6, 6.07) is 9.24. The molecule has 7 heteroatoms. The van der Waals surface area contributed by atoms with Crippen LogP contribution in [0.25, 0.3) is 0 Å². The number of tetrazole rings is 1. The topological polar surface area (TPSA) is 101 Å². The molecule has 1 aromatic heterocycles. The standard InChI is InChI=1S/C21H32N4O3/c1-2-3-4-5-6-7-8-9-13-16-21(28,18-14-11-10-12-15-18)25-23-19(22-24-25)17-20(26)27/h10-12,14-15,28H,2-9,13,16-17H2,1H3,(H,26,27). The van der Waals surface area contributed by atoms with Crippen LogP contribution in [0.4, 0.5) is 0 Å². The number of aliphatic hydroxyl groups is 1. The van der Waals surface area contributed by atoms with E-state index in [2.05, 4.69) is 22.3 Å². The molecule has 0 saturated carbocycles. The number of nitrogens with zero attached hydrogens (tertiary/aromatic N) is 4. The molecule has 0 saturated heterocycles. The molecule has 1 unspecified atom stereocenters. The number of carbonyl (C=O) groups is 1. The highest BCUT2D eigenvalue weighted by molar-refractivity contribution is 5.68. The molecular weight excluding hydrogens is 356 g/mol. The number of hydrogen-bond acceptors (Lipinski definition) is 5. The van der Waals surface area contributed by atoms with E-state index in [0.717, 1.165) is 24.1 Å². The van der Waals surface area contributed by atoms with E-state index in [1.54, 1.807) is 0 Å². The molecule has 7 nitrogen and oxygen atoms in total. The zero-order chi connectivity index (χ0) is 20.2. The van der Waals surface area contributed by atoms with Gasteiger partial charge in [-0.15, -0.1) is 15.0 Å². The molecule has 2 aromatic rings. The number of unbranched alkanes of at least 4 members (excludes halogenated alkanes) is 8. The van der Waals surface area contributed by atoms with Crippen LogP contribution in [0.5, 0.6) is 0 Å². The zero-order valence-corrected chi connectivity index (χ0v) is 16.8. The van der Waals surface area contributed by atoms with E-state index in [9.17, 15) is 9.90 Å². The fourth-order valence-corrected chi connectivity index (χ4v) is 3.35. The normalized spacial score (nSPS) is 13.4. The first-order chi connectivity index (χ1) is 13.6. The van der Waals surface area contributed by atoms with Crippen LogP contribution in [0.1, 0.15) is 82.5 Å². The van der Waals surface area contributed by atoms with Crippen molar-refractivity contribution in [1.29, 1.82) is 0 Å². The van der Waals surface area contributed by atoms with Crippen LogP contribution in [0, 0.1) is 0 Å². The van der Waals surface area contributed by atoms with Crippen LogP contribution in [-0.4, -0.2) is 36.4 Å². The summed E-state index contributed by atoms with van der Waals surface area (Å²) in [5.74, 6) is -0.935. The molecule has 0 amide bonds. The maximum atomic E-state index is 11.4. The average Bonchev–Trinajstić information content (AvgIpc) is 3.15. The van der Waals surface area contributed by atoms with Crippen molar-refractivity contribution in [2.24, 2.45) is 0 Å². The van der Waals surface area contributed by atoms with E-state index >= 15 is 0 Å². The molecule has 2 N–H and O–H groups in total. The van der Waals surface area contributed by atoms with Crippen LogP contribution in [0.15, 0.2) is 30.3 Å². The van der Waals surface area contributed by atoms with Gasteiger partial charge in [0.15, 0.2) is 5.82 Å². The Kier molecular flexibility index (Phi) is 9.07. The maximum absolute atomic E-state index is 11.4. The summed E-state index contributed by atoms with van der Waals surface area (Å²) in [6.07, 6.45) is 10.8. The molecule has 1 aromatic carbocycles. The van der Waals surface area contributed by atoms with Crippen molar-refractivity contribution in [3.05, 3.63) is 41.7 Å². The number of carboxylic acids is 1. The molecule has 0 bridgehead atoms. The molecule has 0 radical (unpaired) electrons. The van der Waals surface area contributed by atoms with E-state index < -0.39 is 11.7 Å². The number of aliphatic carboxylic acids is 1. The Morgan fingerprint density at radius 3 is 2.21 bits per heavy atom. The first-order valence-electron chi connectivity index (χ1n) is 10.4. The van der Waals surface area contributed by atoms with Gasteiger partial charge < -0.3 is 10.2 Å². The monoisotopic (exact) mass is 388 g/mol. The fraction of sp³-hybridized carbons (Fsp3) is 0.619. The predicted octanol–water partition coefficient (Wildman–Crippen LogP) is 3.91. The Labute approximate surface area is 166 Å². The van der Waals surface area contributed by atoms with Crippen LogP contribution in [-0.2, 0) is 16.9 Å². The quantitative estimate of drug-likeness (QED) is 0.476. The largest absolute Gasteiger partial charge is 0.481 e. The van der Waals surface area contributed by atoms with Gasteiger partial charge in [0.25, 0.3) is 0 Å². The number of carboxylic acid groups (broad SMARTS) is 1. The predicted molar refractivity (Wildman–Crippen MR) is 107 cm³/mol. The molecule has 28 heavy (non-hydrogen) atoms. The smallest absolute Gasteiger partial charge is 0.311 e. The lowest BCUT2D eigenvalue weighted by Gasteiger charge is -2.27. The zero-order valence-electron chi connectivity index (χ0n) is 16.8. The number of benzene rings is 1. The summed E-state index contributed by atoms with van der Waals surface area (Å²) in [6.45, 7) is 2.22.